The Morgan fingerprint density at radius 3 is 2.61 bits per heavy atom. The molecule has 0 fully saturated rings. The van der Waals surface area contributed by atoms with Crippen molar-refractivity contribution in [2.24, 2.45) is 0 Å². The molecule has 0 aromatic carbocycles. The molecule has 0 saturated carbocycles. The smallest absolute Gasteiger partial charge is 0.266 e. The van der Waals surface area contributed by atoms with E-state index in [1.54, 1.807) is 12.1 Å². The van der Waals surface area contributed by atoms with Gasteiger partial charge in [0, 0.05) is 7.62 Å². The zero-order chi connectivity index (χ0) is 13.6. The number of hydrogen-bond acceptors (Lipinski definition) is 4. The molecule has 0 atom stereocenters. The summed E-state index contributed by atoms with van der Waals surface area (Å²) < 4.78 is 25.5. The van der Waals surface area contributed by atoms with Gasteiger partial charge in [-0.05, 0) is 24.3 Å². The van der Waals surface area contributed by atoms with Crippen molar-refractivity contribution < 1.29 is 14.6 Å². The molecule has 0 radical (unpaired) electrons. The number of pyridine rings is 1. The fourth-order valence-electron chi connectivity index (χ4n) is 1.11. The minimum absolute atomic E-state index is 0. The first-order valence-electron chi connectivity index (χ1n) is 4.94. The van der Waals surface area contributed by atoms with E-state index in [1.165, 1.54) is 24.4 Å². The van der Waals surface area contributed by atoms with Gasteiger partial charge in [-0.2, -0.15) is 0 Å². The Kier molecular flexibility index (Phi) is 4.56. The van der Waals surface area contributed by atoms with Crippen LogP contribution in [0.5, 0.6) is 0 Å². The Labute approximate surface area is 107 Å². The molecule has 0 unspecified atom stereocenters. The SMILES string of the molecule is C=C/C=C(\C=C)S(=O)(=O)NC(=O)c1ccccn1.[HH]. The molecule has 1 amide bonds. The Hall–Kier alpha value is -2.21. The number of sulfonamides is 1. The predicted octanol–water partition coefficient (Wildman–Crippen LogP) is 1.64. The van der Waals surface area contributed by atoms with Gasteiger partial charge in [-0.25, -0.2) is 13.1 Å². The molecule has 5 nitrogen and oxygen atoms in total. The molecule has 96 valence electrons. The minimum atomic E-state index is -3.95. The van der Waals surface area contributed by atoms with E-state index in [9.17, 15) is 13.2 Å². The zero-order valence-corrected chi connectivity index (χ0v) is 10.4. The van der Waals surface area contributed by atoms with Crippen LogP contribution in [-0.2, 0) is 10.0 Å². The van der Waals surface area contributed by atoms with Crippen LogP contribution in [0.25, 0.3) is 0 Å². The van der Waals surface area contributed by atoms with Crippen molar-refractivity contribution in [2.45, 2.75) is 0 Å². The molecule has 1 rings (SSSR count). The van der Waals surface area contributed by atoms with Crippen LogP contribution in [0, 0.1) is 0 Å². The number of allylic oxidation sites excluding steroid dienone is 3. The summed E-state index contributed by atoms with van der Waals surface area (Å²) in [5.41, 5.74) is 0.0168. The molecule has 0 saturated heterocycles. The summed E-state index contributed by atoms with van der Waals surface area (Å²) in [7, 11) is -3.95. The summed E-state index contributed by atoms with van der Waals surface area (Å²) in [5.74, 6) is -0.799. The number of nitrogens with one attached hydrogen (secondary N) is 1. The second-order valence-electron chi connectivity index (χ2n) is 3.16. The van der Waals surface area contributed by atoms with E-state index in [-0.39, 0.29) is 12.0 Å². The fourth-order valence-corrected chi connectivity index (χ4v) is 2.08. The summed E-state index contributed by atoms with van der Waals surface area (Å²) in [5, 5.41) is 0. The van der Waals surface area contributed by atoms with Gasteiger partial charge in [-0.15, -0.1) is 0 Å². The number of rotatable bonds is 5. The van der Waals surface area contributed by atoms with Crippen LogP contribution in [0.4, 0.5) is 0 Å². The molecule has 0 aliphatic heterocycles. The highest BCUT2D eigenvalue weighted by molar-refractivity contribution is 7.94. The van der Waals surface area contributed by atoms with Gasteiger partial charge in [-0.1, -0.05) is 25.3 Å². The van der Waals surface area contributed by atoms with Crippen LogP contribution in [-0.4, -0.2) is 19.3 Å². The Bertz CT molecular complexity index is 595. The highest BCUT2D eigenvalue weighted by atomic mass is 32.2. The lowest BCUT2D eigenvalue weighted by Gasteiger charge is -2.06. The first-order chi connectivity index (χ1) is 8.51. The van der Waals surface area contributed by atoms with Gasteiger partial charge in [0.2, 0.25) is 0 Å². The van der Waals surface area contributed by atoms with Gasteiger partial charge < -0.3 is 0 Å². The maximum Gasteiger partial charge on any atom is 0.283 e. The molecule has 18 heavy (non-hydrogen) atoms. The summed E-state index contributed by atoms with van der Waals surface area (Å²) >= 11 is 0. The fraction of sp³-hybridized carbons (Fsp3) is 0. The number of amides is 1. The largest absolute Gasteiger partial charge is 0.283 e. The molecule has 1 aromatic heterocycles. The molecule has 0 aliphatic rings. The lowest BCUT2D eigenvalue weighted by molar-refractivity contribution is 0.0977. The molecule has 0 bridgehead atoms. The van der Waals surface area contributed by atoms with Gasteiger partial charge in [0.1, 0.15) is 5.69 Å². The van der Waals surface area contributed by atoms with Crippen LogP contribution >= 0.6 is 0 Å². The van der Waals surface area contributed by atoms with Crippen LogP contribution in [0.2, 0.25) is 0 Å². The molecular formula is C12H14N2O3S. The summed E-state index contributed by atoms with van der Waals surface area (Å²) in [6.07, 6.45) is 5.05. The van der Waals surface area contributed by atoms with Crippen LogP contribution in [0.3, 0.4) is 0 Å². The third-order valence-electron chi connectivity index (χ3n) is 1.92. The van der Waals surface area contributed by atoms with Gasteiger partial charge in [0.05, 0.1) is 4.91 Å². The minimum Gasteiger partial charge on any atom is -0.266 e. The van der Waals surface area contributed by atoms with Crippen molar-refractivity contribution in [1.29, 1.82) is 0 Å². The standard InChI is InChI=1S/C12H12N2O3S.H2/c1-3-7-10(4-2)18(16,17)14-12(15)11-8-5-6-9-13-11;/h3-9H,1-2H2,(H,14,15);1H/b10-7+;. The molecule has 6 heteroatoms. The van der Waals surface area contributed by atoms with E-state index in [2.05, 4.69) is 18.1 Å². The average molecular weight is 266 g/mol. The van der Waals surface area contributed by atoms with Crippen molar-refractivity contribution in [2.75, 3.05) is 0 Å². The lowest BCUT2D eigenvalue weighted by Crippen LogP contribution is -2.31. The molecule has 0 aliphatic carbocycles. The summed E-state index contributed by atoms with van der Waals surface area (Å²) in [6, 6.07) is 4.62. The van der Waals surface area contributed by atoms with Crippen LogP contribution < -0.4 is 4.72 Å². The first-order valence-corrected chi connectivity index (χ1v) is 6.43. The van der Waals surface area contributed by atoms with Gasteiger partial charge in [0.15, 0.2) is 0 Å². The molecular weight excluding hydrogens is 252 g/mol. The zero-order valence-electron chi connectivity index (χ0n) is 9.54. The van der Waals surface area contributed by atoms with Crippen molar-refractivity contribution in [1.82, 2.24) is 9.71 Å². The second kappa shape index (κ2) is 5.92. The Morgan fingerprint density at radius 1 is 1.39 bits per heavy atom. The molecule has 1 N–H and O–H groups in total. The van der Waals surface area contributed by atoms with Crippen molar-refractivity contribution in [3.63, 3.8) is 0 Å². The Balaban J connectivity index is 0.00000324. The number of hydrogen-bond donors (Lipinski definition) is 1. The molecule has 0 spiro atoms. The maximum absolute atomic E-state index is 11.8. The quantitative estimate of drug-likeness (QED) is 0.822. The third-order valence-corrected chi connectivity index (χ3v) is 3.30. The van der Waals surface area contributed by atoms with Gasteiger partial charge in [0.25, 0.3) is 15.9 Å². The van der Waals surface area contributed by atoms with Crippen molar-refractivity contribution in [3.05, 3.63) is 66.4 Å². The van der Waals surface area contributed by atoms with E-state index >= 15 is 0 Å². The predicted molar refractivity (Wildman–Crippen MR) is 71.2 cm³/mol. The van der Waals surface area contributed by atoms with E-state index < -0.39 is 15.9 Å². The van der Waals surface area contributed by atoms with Crippen LogP contribution in [0.1, 0.15) is 11.9 Å². The third kappa shape index (κ3) is 3.39. The van der Waals surface area contributed by atoms with Gasteiger partial charge >= 0.3 is 0 Å². The number of carbonyl (C=O) groups excluding carboxylic acids is 1. The van der Waals surface area contributed by atoms with E-state index in [0.29, 0.717) is 0 Å². The van der Waals surface area contributed by atoms with Crippen LogP contribution in [0.15, 0.2) is 60.7 Å². The number of nitrogens with zero attached hydrogens (tertiary/aromatic N) is 1. The number of carbonyl (C=O) groups is 1. The first kappa shape index (κ1) is 13.9. The normalized spacial score (nSPS) is 11.7. The highest BCUT2D eigenvalue weighted by Gasteiger charge is 2.19. The maximum atomic E-state index is 11.8. The average Bonchev–Trinajstić information content (AvgIpc) is 2.36. The lowest BCUT2D eigenvalue weighted by atomic mass is 10.3. The van der Waals surface area contributed by atoms with Gasteiger partial charge in [-0.3, -0.25) is 9.78 Å². The Morgan fingerprint density at radius 2 is 2.11 bits per heavy atom. The van der Waals surface area contributed by atoms with E-state index in [1.807, 2.05) is 4.72 Å². The van der Waals surface area contributed by atoms with E-state index in [4.69, 9.17) is 0 Å². The molecule has 1 aromatic rings. The van der Waals surface area contributed by atoms with Crippen molar-refractivity contribution >= 4 is 15.9 Å². The monoisotopic (exact) mass is 266 g/mol. The molecule has 1 heterocycles. The van der Waals surface area contributed by atoms with E-state index in [0.717, 1.165) is 6.08 Å². The summed E-state index contributed by atoms with van der Waals surface area (Å²) in [4.78, 5) is 15.3. The number of aromatic nitrogens is 1. The summed E-state index contributed by atoms with van der Waals surface area (Å²) in [6.45, 7) is 6.75. The highest BCUT2D eigenvalue weighted by Crippen LogP contribution is 2.06. The topological polar surface area (TPSA) is 76.1 Å². The van der Waals surface area contributed by atoms with Crippen molar-refractivity contribution in [3.8, 4) is 0 Å². The second-order valence-corrected chi connectivity index (χ2v) is 4.84.